The van der Waals surface area contributed by atoms with Crippen LogP contribution in [0, 0.1) is 0 Å². The van der Waals surface area contributed by atoms with Crippen molar-refractivity contribution in [3.63, 3.8) is 0 Å². The van der Waals surface area contributed by atoms with Gasteiger partial charge in [0.1, 0.15) is 6.10 Å². The number of para-hydroxylation sites is 1. The Morgan fingerprint density at radius 3 is 2.84 bits per heavy atom. The Kier molecular flexibility index (Phi) is 4.52. The quantitative estimate of drug-likeness (QED) is 0.809. The van der Waals surface area contributed by atoms with E-state index < -0.39 is 0 Å². The van der Waals surface area contributed by atoms with Crippen LogP contribution >= 0.6 is 0 Å². The number of nitrogens with zero attached hydrogens (tertiary/aromatic N) is 2. The van der Waals surface area contributed by atoms with Crippen LogP contribution in [0.5, 0.6) is 0 Å². The molecular formula is C14H19N3O2. The maximum atomic E-state index is 5.89. The third-order valence-electron chi connectivity index (χ3n) is 2.93. The maximum Gasteiger partial charge on any atom is 0.227 e. The van der Waals surface area contributed by atoms with E-state index in [-0.39, 0.29) is 6.10 Å². The zero-order valence-electron chi connectivity index (χ0n) is 11.3. The molecule has 0 radical (unpaired) electrons. The number of aromatic nitrogens is 2. The largest absolute Gasteiger partial charge is 0.399 e. The molecule has 2 N–H and O–H groups in total. The third-order valence-corrected chi connectivity index (χ3v) is 2.93. The molecule has 0 aliphatic rings. The maximum absolute atomic E-state index is 5.89. The molecule has 0 bridgehead atoms. The topological polar surface area (TPSA) is 74.2 Å². The molecule has 0 saturated carbocycles. The lowest BCUT2D eigenvalue weighted by atomic mass is 10.1. The molecule has 2 aromatic rings. The molecule has 0 amide bonds. The minimum absolute atomic E-state index is 0.135. The first-order valence-corrected chi connectivity index (χ1v) is 6.48. The molecule has 1 aromatic heterocycles. The normalized spacial score (nSPS) is 12.5. The predicted molar refractivity (Wildman–Crippen MR) is 72.6 cm³/mol. The molecule has 0 aliphatic heterocycles. The van der Waals surface area contributed by atoms with Gasteiger partial charge in [0.2, 0.25) is 5.89 Å². The monoisotopic (exact) mass is 261 g/mol. The van der Waals surface area contributed by atoms with Crippen LogP contribution in [0.15, 0.2) is 28.8 Å². The summed E-state index contributed by atoms with van der Waals surface area (Å²) in [5.74, 6) is 1.21. The summed E-state index contributed by atoms with van der Waals surface area (Å²) in [6, 6.07) is 7.80. The molecule has 2 rings (SSSR count). The van der Waals surface area contributed by atoms with E-state index in [1.807, 2.05) is 38.1 Å². The second kappa shape index (κ2) is 6.33. The fraction of sp³-hybridized carbons (Fsp3) is 0.429. The molecule has 0 aliphatic carbocycles. The Morgan fingerprint density at radius 2 is 2.11 bits per heavy atom. The first-order valence-electron chi connectivity index (χ1n) is 6.48. The number of hydrogen-bond acceptors (Lipinski definition) is 5. The standard InChI is InChI=1S/C14H19N3O2/c1-3-18-10(2)14-16-13(19-17-14)9-8-11-6-4-5-7-12(11)15/h4-7,10H,3,8-9,15H2,1-2H3. The number of nitrogen functional groups attached to an aromatic ring is 1. The van der Waals surface area contributed by atoms with E-state index in [4.69, 9.17) is 15.0 Å². The number of ether oxygens (including phenoxy) is 1. The highest BCUT2D eigenvalue weighted by Crippen LogP contribution is 2.16. The summed E-state index contributed by atoms with van der Waals surface area (Å²) in [5, 5.41) is 3.93. The van der Waals surface area contributed by atoms with E-state index >= 15 is 0 Å². The van der Waals surface area contributed by atoms with Crippen LogP contribution in [0.25, 0.3) is 0 Å². The smallest absolute Gasteiger partial charge is 0.227 e. The zero-order chi connectivity index (χ0) is 13.7. The number of nitrogens with two attached hydrogens (primary N) is 1. The highest BCUT2D eigenvalue weighted by molar-refractivity contribution is 5.46. The van der Waals surface area contributed by atoms with Crippen molar-refractivity contribution in [3.8, 4) is 0 Å². The van der Waals surface area contributed by atoms with Gasteiger partial charge >= 0.3 is 0 Å². The summed E-state index contributed by atoms with van der Waals surface area (Å²) in [6.07, 6.45) is 1.33. The van der Waals surface area contributed by atoms with Gasteiger partial charge in [0.05, 0.1) is 0 Å². The lowest BCUT2D eigenvalue weighted by Crippen LogP contribution is -2.02. The van der Waals surface area contributed by atoms with E-state index in [2.05, 4.69) is 10.1 Å². The Bertz CT molecular complexity index is 525. The highest BCUT2D eigenvalue weighted by Gasteiger charge is 2.13. The Labute approximate surface area is 112 Å². The van der Waals surface area contributed by atoms with Crippen LogP contribution in [0.4, 0.5) is 5.69 Å². The second-order valence-corrected chi connectivity index (χ2v) is 4.34. The number of hydrogen-bond donors (Lipinski definition) is 1. The van der Waals surface area contributed by atoms with Gasteiger partial charge in [-0.2, -0.15) is 4.98 Å². The van der Waals surface area contributed by atoms with Crippen LogP contribution in [0.2, 0.25) is 0 Å². The molecule has 5 nitrogen and oxygen atoms in total. The van der Waals surface area contributed by atoms with Gasteiger partial charge in [0, 0.05) is 18.7 Å². The molecule has 102 valence electrons. The summed E-state index contributed by atoms with van der Waals surface area (Å²) >= 11 is 0. The van der Waals surface area contributed by atoms with Gasteiger partial charge in [-0.15, -0.1) is 0 Å². The van der Waals surface area contributed by atoms with E-state index in [1.165, 1.54) is 0 Å². The van der Waals surface area contributed by atoms with Crippen LogP contribution in [-0.2, 0) is 17.6 Å². The molecular weight excluding hydrogens is 242 g/mol. The summed E-state index contributed by atoms with van der Waals surface area (Å²) in [4.78, 5) is 4.33. The van der Waals surface area contributed by atoms with Gasteiger partial charge < -0.3 is 15.0 Å². The number of anilines is 1. The van der Waals surface area contributed by atoms with Crippen molar-refractivity contribution in [2.45, 2.75) is 32.8 Å². The average Bonchev–Trinajstić information content (AvgIpc) is 2.87. The fourth-order valence-electron chi connectivity index (χ4n) is 1.86. The molecule has 1 aromatic carbocycles. The van der Waals surface area contributed by atoms with Gasteiger partial charge in [-0.05, 0) is 31.9 Å². The fourth-order valence-corrected chi connectivity index (χ4v) is 1.86. The average molecular weight is 261 g/mol. The highest BCUT2D eigenvalue weighted by atomic mass is 16.5. The first kappa shape index (κ1) is 13.5. The van der Waals surface area contributed by atoms with E-state index in [9.17, 15) is 0 Å². The van der Waals surface area contributed by atoms with Crippen LogP contribution in [-0.4, -0.2) is 16.7 Å². The third kappa shape index (κ3) is 3.54. The van der Waals surface area contributed by atoms with Gasteiger partial charge in [-0.1, -0.05) is 23.4 Å². The van der Waals surface area contributed by atoms with Crippen molar-refractivity contribution in [1.82, 2.24) is 10.1 Å². The van der Waals surface area contributed by atoms with Gasteiger partial charge in [0.15, 0.2) is 5.82 Å². The minimum atomic E-state index is -0.135. The number of aryl methyl sites for hydroxylation is 2. The second-order valence-electron chi connectivity index (χ2n) is 4.34. The van der Waals surface area contributed by atoms with E-state index in [0.717, 1.165) is 17.7 Å². The Balaban J connectivity index is 1.95. The van der Waals surface area contributed by atoms with Crippen molar-refractivity contribution in [2.24, 2.45) is 0 Å². The lowest BCUT2D eigenvalue weighted by Gasteiger charge is -2.04. The Morgan fingerprint density at radius 1 is 1.32 bits per heavy atom. The predicted octanol–water partition coefficient (Wildman–Crippen LogP) is 2.53. The Hall–Kier alpha value is -1.88. The van der Waals surface area contributed by atoms with Crippen molar-refractivity contribution in [1.29, 1.82) is 0 Å². The van der Waals surface area contributed by atoms with Crippen molar-refractivity contribution < 1.29 is 9.26 Å². The molecule has 5 heteroatoms. The zero-order valence-corrected chi connectivity index (χ0v) is 11.3. The van der Waals surface area contributed by atoms with Crippen LogP contribution in [0.3, 0.4) is 0 Å². The van der Waals surface area contributed by atoms with Crippen LogP contribution in [0.1, 0.15) is 37.2 Å². The van der Waals surface area contributed by atoms with Crippen LogP contribution < -0.4 is 5.73 Å². The molecule has 1 unspecified atom stereocenters. The summed E-state index contributed by atoms with van der Waals surface area (Å²) < 4.78 is 10.6. The van der Waals surface area contributed by atoms with E-state index in [1.54, 1.807) is 0 Å². The first-order chi connectivity index (χ1) is 9.20. The molecule has 19 heavy (non-hydrogen) atoms. The molecule has 1 atom stereocenters. The summed E-state index contributed by atoms with van der Waals surface area (Å²) in [6.45, 7) is 4.48. The van der Waals surface area contributed by atoms with Crippen molar-refractivity contribution in [3.05, 3.63) is 41.5 Å². The molecule has 0 saturated heterocycles. The number of rotatable bonds is 6. The van der Waals surface area contributed by atoms with Crippen molar-refractivity contribution >= 4 is 5.69 Å². The molecule has 0 spiro atoms. The van der Waals surface area contributed by atoms with Gasteiger partial charge in [-0.25, -0.2) is 0 Å². The SMILES string of the molecule is CCOC(C)c1noc(CCc2ccccc2N)n1. The number of benzene rings is 1. The lowest BCUT2D eigenvalue weighted by molar-refractivity contribution is 0.0683. The molecule has 0 fully saturated rings. The minimum Gasteiger partial charge on any atom is -0.399 e. The van der Waals surface area contributed by atoms with Gasteiger partial charge in [0.25, 0.3) is 0 Å². The van der Waals surface area contributed by atoms with Gasteiger partial charge in [-0.3, -0.25) is 0 Å². The van der Waals surface area contributed by atoms with Crippen molar-refractivity contribution in [2.75, 3.05) is 12.3 Å². The summed E-state index contributed by atoms with van der Waals surface area (Å²) in [5.41, 5.74) is 7.78. The molecule has 1 heterocycles. The summed E-state index contributed by atoms with van der Waals surface area (Å²) in [7, 11) is 0. The van der Waals surface area contributed by atoms with E-state index in [0.29, 0.717) is 24.7 Å².